The highest BCUT2D eigenvalue weighted by Crippen LogP contribution is 2.22. The number of rotatable bonds is 5. The lowest BCUT2D eigenvalue weighted by atomic mass is 10.2. The molecule has 7 heteroatoms. The summed E-state index contributed by atoms with van der Waals surface area (Å²) < 4.78 is 10.6. The first-order chi connectivity index (χ1) is 14.0. The third kappa shape index (κ3) is 5.05. The minimum Gasteiger partial charge on any atom is -0.497 e. The maximum Gasteiger partial charge on any atom is 0.246 e. The summed E-state index contributed by atoms with van der Waals surface area (Å²) in [4.78, 5) is 22.5. The summed E-state index contributed by atoms with van der Waals surface area (Å²) in [5.74, 6) is 8.11. The Morgan fingerprint density at radius 3 is 2.66 bits per heavy atom. The molecule has 2 heterocycles. The zero-order valence-corrected chi connectivity index (χ0v) is 16.9. The summed E-state index contributed by atoms with van der Waals surface area (Å²) in [6.07, 6.45) is 3.88. The van der Waals surface area contributed by atoms with E-state index < -0.39 is 0 Å². The highest BCUT2D eigenvalue weighted by molar-refractivity contribution is 5.87. The minimum atomic E-state index is -0.0513. The fourth-order valence-electron chi connectivity index (χ4n) is 3.06. The molecule has 0 radical (unpaired) electrons. The molecular formula is C22H24N4O3. The maximum absolute atomic E-state index is 11.7. The van der Waals surface area contributed by atoms with E-state index in [9.17, 15) is 4.79 Å². The smallest absolute Gasteiger partial charge is 0.246 e. The Kier molecular flexibility index (Phi) is 6.35. The van der Waals surface area contributed by atoms with Crippen molar-refractivity contribution in [1.82, 2.24) is 14.9 Å². The summed E-state index contributed by atoms with van der Waals surface area (Å²) in [6.45, 7) is 6.72. The molecule has 150 valence electrons. The van der Waals surface area contributed by atoms with Crippen LogP contribution < -0.4 is 14.8 Å². The number of likely N-dealkylation sites (tertiary alicyclic amines) is 1. The van der Waals surface area contributed by atoms with Gasteiger partial charge in [0, 0.05) is 30.8 Å². The van der Waals surface area contributed by atoms with Gasteiger partial charge in [-0.25, -0.2) is 4.98 Å². The van der Waals surface area contributed by atoms with Crippen LogP contribution in [0.4, 0.5) is 5.82 Å². The normalized spacial score (nSPS) is 15.3. The second kappa shape index (κ2) is 9.11. The van der Waals surface area contributed by atoms with Crippen LogP contribution in [0.3, 0.4) is 0 Å². The summed E-state index contributed by atoms with van der Waals surface area (Å²) >= 11 is 0. The number of nitrogens with one attached hydrogen (secondary N) is 1. The van der Waals surface area contributed by atoms with Gasteiger partial charge in [0.1, 0.15) is 23.0 Å². The number of methoxy groups -OCH3 is 2. The van der Waals surface area contributed by atoms with Crippen LogP contribution >= 0.6 is 0 Å². The highest BCUT2D eigenvalue weighted by atomic mass is 16.5. The topological polar surface area (TPSA) is 76.6 Å². The molecule has 0 bridgehead atoms. The molecule has 7 nitrogen and oxygen atoms in total. The van der Waals surface area contributed by atoms with Crippen molar-refractivity contribution in [3.63, 3.8) is 0 Å². The number of benzene rings is 1. The Hall–Kier alpha value is -3.53. The van der Waals surface area contributed by atoms with E-state index in [1.54, 1.807) is 31.4 Å². The van der Waals surface area contributed by atoms with Crippen molar-refractivity contribution >= 4 is 11.7 Å². The van der Waals surface area contributed by atoms with E-state index in [-0.39, 0.29) is 11.9 Å². The van der Waals surface area contributed by atoms with E-state index in [0.29, 0.717) is 36.1 Å². The van der Waals surface area contributed by atoms with Crippen LogP contribution in [0.1, 0.15) is 23.4 Å². The van der Waals surface area contributed by atoms with Gasteiger partial charge in [-0.2, -0.15) is 0 Å². The van der Waals surface area contributed by atoms with E-state index in [1.807, 2.05) is 19.1 Å². The molecule has 1 aliphatic heterocycles. The van der Waals surface area contributed by atoms with E-state index in [0.717, 1.165) is 17.7 Å². The van der Waals surface area contributed by atoms with Gasteiger partial charge in [0.25, 0.3) is 0 Å². The number of carbonyl (C=O) groups is 1. The quantitative estimate of drug-likeness (QED) is 0.622. The van der Waals surface area contributed by atoms with Gasteiger partial charge in [0.2, 0.25) is 5.91 Å². The van der Waals surface area contributed by atoms with Crippen molar-refractivity contribution in [2.75, 3.05) is 32.6 Å². The molecule has 1 N–H and O–H groups in total. The van der Waals surface area contributed by atoms with Crippen molar-refractivity contribution in [1.29, 1.82) is 0 Å². The van der Waals surface area contributed by atoms with Crippen LogP contribution in [-0.4, -0.2) is 54.1 Å². The number of nitrogens with zero attached hydrogens (tertiary/aromatic N) is 3. The van der Waals surface area contributed by atoms with Gasteiger partial charge in [0.05, 0.1) is 26.1 Å². The molecule has 0 aliphatic carbocycles. The molecule has 0 spiro atoms. The molecule has 1 saturated heterocycles. The molecular weight excluding hydrogens is 368 g/mol. The van der Waals surface area contributed by atoms with E-state index in [2.05, 4.69) is 33.7 Å². The van der Waals surface area contributed by atoms with Crippen LogP contribution in [0.5, 0.6) is 11.5 Å². The van der Waals surface area contributed by atoms with Gasteiger partial charge < -0.3 is 19.7 Å². The summed E-state index contributed by atoms with van der Waals surface area (Å²) in [6, 6.07) is 5.59. The number of amides is 1. The lowest BCUT2D eigenvalue weighted by Crippen LogP contribution is -2.30. The molecule has 1 atom stereocenters. The lowest BCUT2D eigenvalue weighted by Gasteiger charge is -2.15. The Bertz CT molecular complexity index is 956. The number of aryl methyl sites for hydroxylation is 1. The van der Waals surface area contributed by atoms with Crippen molar-refractivity contribution in [2.45, 2.75) is 19.4 Å². The van der Waals surface area contributed by atoms with Gasteiger partial charge in [-0.15, -0.1) is 0 Å². The number of hydrogen-bond donors (Lipinski definition) is 1. The highest BCUT2D eigenvalue weighted by Gasteiger charge is 2.25. The third-order valence-electron chi connectivity index (χ3n) is 4.66. The first-order valence-corrected chi connectivity index (χ1v) is 9.29. The van der Waals surface area contributed by atoms with Crippen LogP contribution in [0.25, 0.3) is 0 Å². The van der Waals surface area contributed by atoms with Crippen molar-refractivity contribution in [3.8, 4) is 23.3 Å². The van der Waals surface area contributed by atoms with E-state index >= 15 is 0 Å². The molecule has 1 aromatic carbocycles. The predicted molar refractivity (Wildman–Crippen MR) is 111 cm³/mol. The average Bonchev–Trinajstić information content (AvgIpc) is 3.21. The Morgan fingerprint density at radius 1 is 1.28 bits per heavy atom. The number of hydrogen-bond acceptors (Lipinski definition) is 6. The molecule has 29 heavy (non-hydrogen) atoms. The SMILES string of the molecule is C=CC(=O)N1CCC(Nc2cnc(C)c(C#Cc3cc(OC)cc(OC)c3)n2)C1. The summed E-state index contributed by atoms with van der Waals surface area (Å²) in [7, 11) is 3.20. The van der Waals surface area contributed by atoms with Gasteiger partial charge in [0.15, 0.2) is 0 Å². The van der Waals surface area contributed by atoms with Crippen molar-refractivity contribution < 1.29 is 14.3 Å². The fraction of sp³-hybridized carbons (Fsp3) is 0.318. The maximum atomic E-state index is 11.7. The molecule has 1 aromatic heterocycles. The summed E-state index contributed by atoms with van der Waals surface area (Å²) in [5.41, 5.74) is 2.09. The minimum absolute atomic E-state index is 0.0513. The zero-order chi connectivity index (χ0) is 20.8. The number of carbonyl (C=O) groups excluding carboxylic acids is 1. The standard InChI is InChI=1S/C22H24N4O3/c1-5-22(27)26-9-8-17(14-26)24-21-13-23-15(2)20(25-21)7-6-16-10-18(28-3)12-19(11-16)29-4/h5,10-13,17H,1,8-9,14H2,2-4H3,(H,24,25). The average molecular weight is 392 g/mol. The fourth-order valence-corrected chi connectivity index (χ4v) is 3.06. The predicted octanol–water partition coefficient (Wildman–Crippen LogP) is 2.40. The van der Waals surface area contributed by atoms with Gasteiger partial charge in [-0.3, -0.25) is 9.78 Å². The Morgan fingerprint density at radius 2 is 2.00 bits per heavy atom. The monoisotopic (exact) mass is 392 g/mol. The zero-order valence-electron chi connectivity index (χ0n) is 16.9. The molecule has 2 aromatic rings. The molecule has 0 saturated carbocycles. The second-order valence-electron chi connectivity index (χ2n) is 6.66. The molecule has 1 aliphatic rings. The Labute approximate surface area is 170 Å². The van der Waals surface area contributed by atoms with Gasteiger partial charge in [-0.1, -0.05) is 12.5 Å². The first kappa shape index (κ1) is 20.2. The second-order valence-corrected chi connectivity index (χ2v) is 6.66. The number of anilines is 1. The largest absolute Gasteiger partial charge is 0.497 e. The third-order valence-corrected chi connectivity index (χ3v) is 4.66. The van der Waals surface area contributed by atoms with Gasteiger partial charge in [-0.05, 0) is 37.5 Å². The summed E-state index contributed by atoms with van der Waals surface area (Å²) in [5, 5.41) is 3.34. The van der Waals surface area contributed by atoms with E-state index in [1.165, 1.54) is 6.08 Å². The first-order valence-electron chi connectivity index (χ1n) is 9.29. The van der Waals surface area contributed by atoms with Crippen molar-refractivity contribution in [2.24, 2.45) is 0 Å². The molecule has 3 rings (SSSR count). The van der Waals surface area contributed by atoms with Crippen molar-refractivity contribution in [3.05, 3.63) is 54.0 Å². The molecule has 1 amide bonds. The number of ether oxygens (including phenoxy) is 2. The van der Waals surface area contributed by atoms with Gasteiger partial charge >= 0.3 is 0 Å². The number of aromatic nitrogens is 2. The van der Waals surface area contributed by atoms with Crippen LogP contribution in [0.2, 0.25) is 0 Å². The van der Waals surface area contributed by atoms with E-state index in [4.69, 9.17) is 9.47 Å². The Balaban J connectivity index is 1.76. The lowest BCUT2D eigenvalue weighted by molar-refractivity contribution is -0.125. The van der Waals surface area contributed by atoms with Crippen LogP contribution in [0, 0.1) is 18.8 Å². The molecule has 1 unspecified atom stereocenters. The van der Waals surface area contributed by atoms with Crippen LogP contribution in [0.15, 0.2) is 37.1 Å². The van der Waals surface area contributed by atoms with Crippen LogP contribution in [-0.2, 0) is 4.79 Å². The molecule has 1 fully saturated rings.